The minimum absolute atomic E-state index is 0.868. The van der Waals surface area contributed by atoms with E-state index >= 15 is 0 Å². The summed E-state index contributed by atoms with van der Waals surface area (Å²) in [5.41, 5.74) is 8.23. The van der Waals surface area contributed by atoms with Crippen molar-refractivity contribution < 1.29 is 4.57 Å². The zero-order chi connectivity index (χ0) is 20.4. The summed E-state index contributed by atoms with van der Waals surface area (Å²) in [6.45, 7) is 2.25. The normalized spacial score (nSPS) is 15.9. The van der Waals surface area contributed by atoms with Gasteiger partial charge in [-0.15, -0.1) is 0 Å². The van der Waals surface area contributed by atoms with Gasteiger partial charge in [-0.3, -0.25) is 0 Å². The maximum Gasteiger partial charge on any atom is 0.237 e. The Morgan fingerprint density at radius 2 is 1.80 bits per heavy atom. The van der Waals surface area contributed by atoms with Gasteiger partial charge < -0.3 is 4.90 Å². The number of pyridine rings is 1. The molecule has 1 aliphatic heterocycles. The third-order valence-corrected chi connectivity index (χ3v) is 7.45. The summed E-state index contributed by atoms with van der Waals surface area (Å²) in [6.07, 6.45) is 9.15. The van der Waals surface area contributed by atoms with Crippen LogP contribution in [0.3, 0.4) is 0 Å². The zero-order valence-corrected chi connectivity index (χ0v) is 18.2. The van der Waals surface area contributed by atoms with E-state index in [0.717, 1.165) is 5.92 Å². The maximum absolute atomic E-state index is 2.48. The first-order valence-corrected chi connectivity index (χ1v) is 11.3. The van der Waals surface area contributed by atoms with Gasteiger partial charge in [-0.1, -0.05) is 56.0 Å². The molecule has 2 aliphatic rings. The number of hydrogen-bond acceptors (Lipinski definition) is 1. The van der Waals surface area contributed by atoms with E-state index < -0.39 is 0 Å². The summed E-state index contributed by atoms with van der Waals surface area (Å²) in [6, 6.07) is 18.4. The lowest BCUT2D eigenvalue weighted by molar-refractivity contribution is -0.658. The van der Waals surface area contributed by atoms with Gasteiger partial charge in [0.15, 0.2) is 6.20 Å². The minimum Gasteiger partial charge on any atom is -0.338 e. The fourth-order valence-electron chi connectivity index (χ4n) is 5.97. The molecule has 0 radical (unpaired) electrons. The van der Waals surface area contributed by atoms with Gasteiger partial charge in [-0.05, 0) is 54.0 Å². The highest BCUT2D eigenvalue weighted by atomic mass is 15.1. The summed E-state index contributed by atoms with van der Waals surface area (Å²) in [5, 5.41) is 5.40. The van der Waals surface area contributed by atoms with Crippen molar-refractivity contribution in [3.63, 3.8) is 0 Å². The van der Waals surface area contributed by atoms with Crippen LogP contribution in [0.2, 0.25) is 0 Å². The van der Waals surface area contributed by atoms with Crippen molar-refractivity contribution >= 4 is 32.9 Å². The second-order valence-electron chi connectivity index (χ2n) is 9.41. The van der Waals surface area contributed by atoms with Gasteiger partial charge in [0, 0.05) is 28.9 Å². The molecule has 0 unspecified atom stereocenters. The molecule has 0 atom stereocenters. The highest BCUT2D eigenvalue weighted by Gasteiger charge is 2.32. The second-order valence-corrected chi connectivity index (χ2v) is 9.41. The third kappa shape index (κ3) is 2.52. The highest BCUT2D eigenvalue weighted by molar-refractivity contribution is 6.15. The van der Waals surface area contributed by atoms with Crippen molar-refractivity contribution in [1.82, 2.24) is 0 Å². The molecule has 30 heavy (non-hydrogen) atoms. The van der Waals surface area contributed by atoms with E-state index in [4.69, 9.17) is 0 Å². The Morgan fingerprint density at radius 1 is 1.00 bits per heavy atom. The molecule has 150 valence electrons. The number of nitrogens with zero attached hydrogens (tertiary/aromatic N) is 2. The van der Waals surface area contributed by atoms with Crippen molar-refractivity contribution in [3.8, 4) is 11.3 Å². The molecule has 1 aliphatic carbocycles. The lowest BCUT2D eigenvalue weighted by Crippen LogP contribution is -2.34. The van der Waals surface area contributed by atoms with E-state index in [0.29, 0.717) is 0 Å². The Morgan fingerprint density at radius 3 is 2.63 bits per heavy atom. The minimum atomic E-state index is 0.868. The molecule has 6 rings (SSSR count). The zero-order valence-electron chi connectivity index (χ0n) is 18.2. The van der Waals surface area contributed by atoms with Crippen LogP contribution in [0.15, 0.2) is 54.7 Å². The summed E-state index contributed by atoms with van der Waals surface area (Å²) < 4.78 is 2.34. The first-order valence-electron chi connectivity index (χ1n) is 11.3. The molecule has 3 aromatic carbocycles. The smallest absolute Gasteiger partial charge is 0.237 e. The molecule has 0 bridgehead atoms. The maximum atomic E-state index is 2.48. The Hall–Kier alpha value is -2.87. The fourth-order valence-corrected chi connectivity index (χ4v) is 5.97. The van der Waals surface area contributed by atoms with Gasteiger partial charge >= 0.3 is 0 Å². The number of hydrogen-bond donors (Lipinski definition) is 0. The Bertz CT molecular complexity index is 1310. The van der Waals surface area contributed by atoms with Crippen LogP contribution in [0.25, 0.3) is 32.8 Å². The Labute approximate surface area is 178 Å². The molecule has 0 saturated heterocycles. The van der Waals surface area contributed by atoms with Crippen LogP contribution in [0.4, 0.5) is 11.4 Å². The number of aryl methyl sites for hydroxylation is 2. The average Bonchev–Trinajstić information content (AvgIpc) is 3.25. The molecule has 4 aromatic rings. The van der Waals surface area contributed by atoms with E-state index in [1.165, 1.54) is 87.4 Å². The summed E-state index contributed by atoms with van der Waals surface area (Å²) >= 11 is 0. The van der Waals surface area contributed by atoms with Crippen molar-refractivity contribution in [2.24, 2.45) is 13.0 Å². The lowest BCUT2D eigenvalue weighted by Gasteiger charge is -2.30. The van der Waals surface area contributed by atoms with Crippen molar-refractivity contribution in [2.45, 2.75) is 39.0 Å². The van der Waals surface area contributed by atoms with Crippen molar-refractivity contribution in [3.05, 3.63) is 65.9 Å². The molecule has 1 fully saturated rings. The molecule has 1 saturated carbocycles. The van der Waals surface area contributed by atoms with Crippen molar-refractivity contribution in [1.29, 1.82) is 0 Å². The van der Waals surface area contributed by atoms with Gasteiger partial charge in [-0.25, -0.2) is 0 Å². The number of aromatic nitrogens is 1. The summed E-state index contributed by atoms with van der Waals surface area (Å²) in [7, 11) is 4.44. The predicted octanol–water partition coefficient (Wildman–Crippen LogP) is 6.61. The van der Waals surface area contributed by atoms with E-state index in [1.54, 1.807) is 0 Å². The molecule has 0 amide bonds. The standard InChI is InChI=1S/C28H29N2/c1-18-11-13-21-9-6-10-24-26(21)25(18)28-27(30(24)3)23-16-20(15-19-7-4-5-8-19)12-14-22(23)17-29(28)2/h6,9-14,16-17,19H,4-5,7-8,15H2,1-3H3/q+1. The van der Waals surface area contributed by atoms with E-state index in [-0.39, 0.29) is 0 Å². The fraction of sp³-hybridized carbons (Fsp3) is 0.321. The van der Waals surface area contributed by atoms with Crippen LogP contribution in [-0.2, 0) is 13.5 Å². The molecule has 2 nitrogen and oxygen atoms in total. The Kier molecular flexibility index (Phi) is 3.93. The second kappa shape index (κ2) is 6.57. The van der Waals surface area contributed by atoms with Crippen molar-refractivity contribution in [2.75, 3.05) is 11.9 Å². The lowest BCUT2D eigenvalue weighted by atomic mass is 9.89. The van der Waals surface area contributed by atoms with E-state index in [9.17, 15) is 0 Å². The monoisotopic (exact) mass is 393 g/mol. The SMILES string of the molecule is Cc1ccc2cccc3c2c1-c1c(c2cc(CC4CCCC4)ccc2c[n+]1C)N3C. The topological polar surface area (TPSA) is 7.12 Å². The molecule has 2 heterocycles. The van der Waals surface area contributed by atoms with Gasteiger partial charge in [0.05, 0.1) is 5.56 Å². The van der Waals surface area contributed by atoms with Gasteiger partial charge in [0.25, 0.3) is 0 Å². The summed E-state index contributed by atoms with van der Waals surface area (Å²) in [4.78, 5) is 2.42. The average molecular weight is 394 g/mol. The summed E-state index contributed by atoms with van der Waals surface area (Å²) in [5.74, 6) is 0.868. The number of fused-ring (bicyclic) bond motifs is 4. The molecular formula is C28H29N2+. The van der Waals surface area contributed by atoms with Crippen LogP contribution in [-0.4, -0.2) is 7.05 Å². The highest BCUT2D eigenvalue weighted by Crippen LogP contribution is 2.49. The largest absolute Gasteiger partial charge is 0.338 e. The van der Waals surface area contributed by atoms with E-state index in [2.05, 4.69) is 85.2 Å². The molecule has 0 spiro atoms. The number of rotatable bonds is 2. The molecule has 2 heteroatoms. The van der Waals surface area contributed by atoms with Crippen LogP contribution in [0.5, 0.6) is 0 Å². The van der Waals surface area contributed by atoms with E-state index in [1.807, 2.05) is 0 Å². The molecule has 1 aromatic heterocycles. The van der Waals surface area contributed by atoms with Crippen LogP contribution < -0.4 is 9.47 Å². The van der Waals surface area contributed by atoms with Gasteiger partial charge in [0.2, 0.25) is 5.69 Å². The van der Waals surface area contributed by atoms with Gasteiger partial charge in [-0.2, -0.15) is 4.57 Å². The van der Waals surface area contributed by atoms with Crippen LogP contribution >= 0.6 is 0 Å². The quantitative estimate of drug-likeness (QED) is 0.348. The first-order chi connectivity index (χ1) is 14.6. The number of anilines is 2. The third-order valence-electron chi connectivity index (χ3n) is 7.45. The Balaban J connectivity index is 1.65. The predicted molar refractivity (Wildman–Crippen MR) is 127 cm³/mol. The molecular weight excluding hydrogens is 364 g/mol. The van der Waals surface area contributed by atoms with Crippen LogP contribution in [0, 0.1) is 12.8 Å². The first kappa shape index (κ1) is 17.9. The van der Waals surface area contributed by atoms with Crippen LogP contribution in [0.1, 0.15) is 36.8 Å². The van der Waals surface area contributed by atoms with Gasteiger partial charge in [0.1, 0.15) is 12.7 Å². The number of benzene rings is 3. The molecule has 0 N–H and O–H groups in total.